The van der Waals surface area contributed by atoms with E-state index in [9.17, 15) is 4.79 Å². The highest BCUT2D eigenvalue weighted by atomic mass is 32.2. The summed E-state index contributed by atoms with van der Waals surface area (Å²) in [6.07, 6.45) is 3.64. The van der Waals surface area contributed by atoms with Crippen molar-refractivity contribution in [1.82, 2.24) is 0 Å². The van der Waals surface area contributed by atoms with Gasteiger partial charge >= 0.3 is 0 Å². The van der Waals surface area contributed by atoms with Crippen molar-refractivity contribution in [3.63, 3.8) is 0 Å². The zero-order valence-electron chi connectivity index (χ0n) is 14.7. The first-order chi connectivity index (χ1) is 11.5. The molecule has 1 amide bonds. The minimum atomic E-state index is 0.0664. The van der Waals surface area contributed by atoms with Gasteiger partial charge in [0.15, 0.2) is 0 Å². The van der Waals surface area contributed by atoms with E-state index in [0.717, 1.165) is 11.3 Å². The largest absolute Gasteiger partial charge is 0.325 e. The van der Waals surface area contributed by atoms with Crippen LogP contribution in [0.4, 0.5) is 5.69 Å². The molecule has 0 aliphatic heterocycles. The minimum Gasteiger partial charge on any atom is -0.325 e. The van der Waals surface area contributed by atoms with Crippen LogP contribution in [0, 0.1) is 6.92 Å². The highest BCUT2D eigenvalue weighted by Crippen LogP contribution is 2.29. The summed E-state index contributed by atoms with van der Waals surface area (Å²) in [6, 6.07) is 12.8. The molecule has 0 fully saturated rings. The number of nitrogens with one attached hydrogen (secondary N) is 1. The molecule has 0 atom stereocenters. The first-order valence-electron chi connectivity index (χ1n) is 8.68. The number of hydrogen-bond donors (Lipinski definition) is 1. The van der Waals surface area contributed by atoms with Crippen LogP contribution in [-0.2, 0) is 17.6 Å². The van der Waals surface area contributed by atoms with Crippen molar-refractivity contribution in [3.8, 4) is 0 Å². The fraction of sp³-hybridized carbons (Fsp3) is 0.381. The number of carbonyl (C=O) groups is 1. The van der Waals surface area contributed by atoms with Crippen molar-refractivity contribution in [2.24, 2.45) is 0 Å². The van der Waals surface area contributed by atoms with Gasteiger partial charge in [0.25, 0.3) is 0 Å². The van der Waals surface area contributed by atoms with Gasteiger partial charge in [0.05, 0.1) is 5.75 Å². The quantitative estimate of drug-likeness (QED) is 0.745. The van der Waals surface area contributed by atoms with E-state index in [1.165, 1.54) is 40.8 Å². The number of aryl methyl sites for hydroxylation is 3. The van der Waals surface area contributed by atoms with Crippen molar-refractivity contribution < 1.29 is 4.79 Å². The molecule has 0 radical (unpaired) electrons. The number of fused-ring (bicyclic) bond motifs is 1. The highest BCUT2D eigenvalue weighted by Gasteiger charge is 2.14. The zero-order chi connectivity index (χ0) is 17.1. The fourth-order valence-corrected chi connectivity index (χ4v) is 4.06. The summed E-state index contributed by atoms with van der Waals surface area (Å²) >= 11 is 1.62. The molecule has 0 saturated carbocycles. The van der Waals surface area contributed by atoms with Gasteiger partial charge in [-0.3, -0.25) is 4.79 Å². The van der Waals surface area contributed by atoms with Crippen LogP contribution in [0.3, 0.4) is 0 Å². The van der Waals surface area contributed by atoms with Crippen LogP contribution in [-0.4, -0.2) is 11.7 Å². The van der Waals surface area contributed by atoms with Crippen molar-refractivity contribution in [2.75, 3.05) is 11.1 Å². The number of thioether (sulfide) groups is 1. The van der Waals surface area contributed by atoms with Gasteiger partial charge in [-0.15, -0.1) is 11.8 Å². The van der Waals surface area contributed by atoms with Crippen molar-refractivity contribution in [1.29, 1.82) is 0 Å². The van der Waals surface area contributed by atoms with Gasteiger partial charge in [0, 0.05) is 10.6 Å². The van der Waals surface area contributed by atoms with Crippen LogP contribution < -0.4 is 5.32 Å². The van der Waals surface area contributed by atoms with Gasteiger partial charge in [-0.25, -0.2) is 0 Å². The Kier molecular flexibility index (Phi) is 5.30. The molecule has 0 spiro atoms. The third-order valence-corrected chi connectivity index (χ3v) is 5.63. The zero-order valence-corrected chi connectivity index (χ0v) is 15.5. The molecular formula is C21H25NOS. The second kappa shape index (κ2) is 7.43. The van der Waals surface area contributed by atoms with E-state index in [-0.39, 0.29) is 5.91 Å². The van der Waals surface area contributed by atoms with Crippen LogP contribution in [0.2, 0.25) is 0 Å². The Hall–Kier alpha value is -1.74. The molecule has 3 heteroatoms. The van der Waals surface area contributed by atoms with E-state index in [0.29, 0.717) is 11.7 Å². The minimum absolute atomic E-state index is 0.0664. The summed E-state index contributed by atoms with van der Waals surface area (Å²) in [5.41, 5.74) is 6.24. The molecule has 1 aliphatic rings. The van der Waals surface area contributed by atoms with Gasteiger partial charge < -0.3 is 5.32 Å². The lowest BCUT2D eigenvalue weighted by Crippen LogP contribution is -2.16. The molecule has 126 valence electrons. The Morgan fingerprint density at radius 3 is 2.75 bits per heavy atom. The summed E-state index contributed by atoms with van der Waals surface area (Å²) in [6.45, 7) is 6.36. The summed E-state index contributed by atoms with van der Waals surface area (Å²) in [7, 11) is 0. The van der Waals surface area contributed by atoms with Gasteiger partial charge in [0.2, 0.25) is 5.91 Å². The third kappa shape index (κ3) is 3.84. The lowest BCUT2D eigenvalue weighted by atomic mass is 9.98. The smallest absolute Gasteiger partial charge is 0.234 e. The first-order valence-corrected chi connectivity index (χ1v) is 9.67. The Balaban J connectivity index is 1.64. The van der Waals surface area contributed by atoms with Crippen molar-refractivity contribution in [3.05, 3.63) is 58.7 Å². The second-order valence-corrected chi connectivity index (χ2v) is 7.86. The summed E-state index contributed by atoms with van der Waals surface area (Å²) in [5, 5.41) is 3.12. The highest BCUT2D eigenvalue weighted by molar-refractivity contribution is 8.00. The Bertz CT molecular complexity index is 751. The molecule has 0 heterocycles. The van der Waals surface area contributed by atoms with E-state index in [1.807, 2.05) is 0 Å². The average molecular weight is 340 g/mol. The predicted molar refractivity (Wildman–Crippen MR) is 103 cm³/mol. The average Bonchev–Trinajstić information content (AvgIpc) is 3.02. The van der Waals surface area contributed by atoms with Crippen LogP contribution in [0.5, 0.6) is 0 Å². The fourth-order valence-electron chi connectivity index (χ4n) is 3.30. The third-order valence-electron chi connectivity index (χ3n) is 4.63. The van der Waals surface area contributed by atoms with E-state index in [4.69, 9.17) is 0 Å². The van der Waals surface area contributed by atoms with Crippen molar-refractivity contribution in [2.45, 2.75) is 50.8 Å². The monoisotopic (exact) mass is 339 g/mol. The maximum Gasteiger partial charge on any atom is 0.234 e. The van der Waals surface area contributed by atoms with Crippen LogP contribution in [0.25, 0.3) is 0 Å². The topological polar surface area (TPSA) is 29.1 Å². The number of para-hydroxylation sites is 1. The van der Waals surface area contributed by atoms with Gasteiger partial charge in [-0.1, -0.05) is 38.1 Å². The predicted octanol–water partition coefficient (Wildman–Crippen LogP) is 5.34. The molecule has 1 aliphatic carbocycles. The number of anilines is 1. The Morgan fingerprint density at radius 2 is 1.96 bits per heavy atom. The lowest BCUT2D eigenvalue weighted by Gasteiger charge is -2.16. The number of hydrogen-bond acceptors (Lipinski definition) is 2. The van der Waals surface area contributed by atoms with Crippen LogP contribution >= 0.6 is 11.8 Å². The molecule has 1 N–H and O–H groups in total. The van der Waals surface area contributed by atoms with E-state index >= 15 is 0 Å². The number of rotatable bonds is 5. The summed E-state index contributed by atoms with van der Waals surface area (Å²) in [4.78, 5) is 13.6. The molecule has 0 saturated heterocycles. The van der Waals surface area contributed by atoms with Crippen LogP contribution in [0.1, 0.15) is 48.4 Å². The normalized spacial score (nSPS) is 13.2. The van der Waals surface area contributed by atoms with Crippen LogP contribution in [0.15, 0.2) is 41.3 Å². The van der Waals surface area contributed by atoms with E-state index in [2.05, 4.69) is 62.5 Å². The molecule has 2 aromatic rings. The molecule has 2 nitrogen and oxygen atoms in total. The molecular weight excluding hydrogens is 314 g/mol. The number of benzene rings is 2. The van der Waals surface area contributed by atoms with E-state index in [1.54, 1.807) is 11.8 Å². The maximum absolute atomic E-state index is 12.4. The standard InChI is InChI=1S/C21H25NOS/c1-14(2)19-9-4-6-15(3)21(19)22-20(23)13-24-18-11-10-16-7-5-8-17(16)12-18/h4,6,9-12,14H,5,7-8,13H2,1-3H3,(H,22,23). The van der Waals surface area contributed by atoms with Gasteiger partial charge in [0.1, 0.15) is 0 Å². The van der Waals surface area contributed by atoms with Gasteiger partial charge in [-0.05, 0) is 66.5 Å². The van der Waals surface area contributed by atoms with Gasteiger partial charge in [-0.2, -0.15) is 0 Å². The van der Waals surface area contributed by atoms with E-state index < -0.39 is 0 Å². The SMILES string of the molecule is Cc1cccc(C(C)C)c1NC(=O)CSc1ccc2c(c1)CCC2. The number of carbonyl (C=O) groups excluding carboxylic acids is 1. The Morgan fingerprint density at radius 1 is 1.17 bits per heavy atom. The maximum atomic E-state index is 12.4. The molecule has 3 rings (SSSR count). The lowest BCUT2D eigenvalue weighted by molar-refractivity contribution is -0.113. The molecule has 0 unspecified atom stereocenters. The summed E-state index contributed by atoms with van der Waals surface area (Å²) < 4.78 is 0. The molecule has 0 aromatic heterocycles. The molecule has 24 heavy (non-hydrogen) atoms. The molecule has 2 aromatic carbocycles. The summed E-state index contributed by atoms with van der Waals surface area (Å²) in [5.74, 6) is 0.909. The first kappa shape index (κ1) is 17.1. The second-order valence-electron chi connectivity index (χ2n) is 6.81. The van der Waals surface area contributed by atoms with Crippen molar-refractivity contribution >= 4 is 23.4 Å². The number of amides is 1. The Labute approximate surface area is 149 Å². The molecule has 0 bridgehead atoms.